The van der Waals surface area contributed by atoms with E-state index in [-0.39, 0.29) is 22.3 Å². The largest absolute Gasteiger partial charge is 0.528 e. The Bertz CT molecular complexity index is 602. The SMILES string of the molecule is C.C.C.C=C[Si](OC)(OC)OC.C[SiH](O)[SiH](O)[SiH](C)O.C[SiH]1O[Si](C)(C)O[Si]2(C)O[SiH]1[SiH](C)O[Si](C)(C)O2. The Morgan fingerprint density at radius 1 is 0.737 bits per heavy atom. The van der Waals surface area contributed by atoms with E-state index < -0.39 is 85.1 Å². The maximum atomic E-state index is 8.97. The second-order valence-electron chi connectivity index (χ2n) is 9.49. The molecule has 0 amide bonds. The first-order valence-electron chi connectivity index (χ1n) is 11.6. The van der Waals surface area contributed by atoms with Crippen LogP contribution in [-0.4, -0.2) is 121 Å². The fourth-order valence-electron chi connectivity index (χ4n) is 3.76. The van der Waals surface area contributed by atoms with Crippen molar-refractivity contribution in [3.8, 4) is 0 Å². The van der Waals surface area contributed by atoms with E-state index in [9.17, 15) is 0 Å². The Balaban J connectivity index is -0.000000248. The molecule has 4 unspecified atom stereocenters. The third-order valence-electron chi connectivity index (χ3n) is 5.17. The Morgan fingerprint density at radius 3 is 1.24 bits per heavy atom. The molecule has 0 spiro atoms. The number of hydrogen-bond donors (Lipinski definition) is 3. The van der Waals surface area contributed by atoms with Crippen molar-refractivity contribution in [2.24, 2.45) is 0 Å². The summed E-state index contributed by atoms with van der Waals surface area (Å²) in [4.78, 5) is 26.6. The molecule has 0 aromatic rings. The number of hydrogen-bond acceptors (Lipinski definition) is 11. The summed E-state index contributed by atoms with van der Waals surface area (Å²) in [5.41, 5.74) is 1.58. The molecule has 21 heteroatoms. The minimum absolute atomic E-state index is 0. The molecule has 2 aliphatic heterocycles. The van der Waals surface area contributed by atoms with Gasteiger partial charge in [-0.1, -0.05) is 42.0 Å². The topological polar surface area (TPSA) is 135 Å². The molecule has 4 atom stereocenters. The van der Waals surface area contributed by atoms with Crippen molar-refractivity contribution < 1.29 is 48.2 Å². The summed E-state index contributed by atoms with van der Waals surface area (Å²) in [5, 5.41) is 0. The van der Waals surface area contributed by atoms with E-state index in [4.69, 9.17) is 48.2 Å². The van der Waals surface area contributed by atoms with E-state index in [1.54, 1.807) is 40.1 Å². The highest BCUT2D eigenvalue weighted by Crippen LogP contribution is 2.31. The van der Waals surface area contributed by atoms with Crippen LogP contribution in [-0.2, 0) is 33.9 Å². The summed E-state index contributed by atoms with van der Waals surface area (Å²) in [6.45, 7) is 21.9. The lowest BCUT2D eigenvalue weighted by atomic mass is 11.3. The molecule has 2 saturated heterocycles. The van der Waals surface area contributed by atoms with Crippen LogP contribution in [0.25, 0.3) is 0 Å². The van der Waals surface area contributed by atoms with E-state index in [2.05, 4.69) is 45.9 Å². The fourth-order valence-corrected chi connectivity index (χ4v) is 67.6. The molecule has 2 rings (SSSR count). The van der Waals surface area contributed by atoms with Crippen LogP contribution in [0.2, 0.25) is 58.9 Å². The van der Waals surface area contributed by atoms with Gasteiger partial charge >= 0.3 is 34.7 Å². The number of rotatable bonds is 6. The first kappa shape index (κ1) is 46.4. The summed E-state index contributed by atoms with van der Waals surface area (Å²) in [5.74, 6) is 0. The van der Waals surface area contributed by atoms with Gasteiger partial charge in [0.2, 0.25) is 8.08 Å². The predicted octanol–water partition coefficient (Wildman–Crippen LogP) is 0.706. The molecule has 0 saturated carbocycles. The average Bonchev–Trinajstić information content (AvgIpc) is 2.87. The van der Waals surface area contributed by atoms with E-state index in [0.29, 0.717) is 0 Å². The van der Waals surface area contributed by atoms with Gasteiger partial charge in [0.1, 0.15) is 0 Å². The maximum absolute atomic E-state index is 8.97. The summed E-state index contributed by atoms with van der Waals surface area (Å²) in [6, 6.07) is 0. The van der Waals surface area contributed by atoms with Crippen LogP contribution in [0.3, 0.4) is 0 Å². The molecule has 0 aromatic heterocycles. The van der Waals surface area contributed by atoms with Crippen molar-refractivity contribution in [3.63, 3.8) is 0 Å². The monoisotopic (exact) mass is 720 g/mol. The van der Waals surface area contributed by atoms with Crippen LogP contribution in [0, 0.1) is 0 Å². The summed E-state index contributed by atoms with van der Waals surface area (Å²) in [6.07, 6.45) is 0. The van der Waals surface area contributed by atoms with Gasteiger partial charge in [0.15, 0.2) is 42.3 Å². The highest BCUT2D eigenvalue weighted by molar-refractivity contribution is 7.47. The number of fused-ring (bicyclic) bond motifs is 2. The molecule has 2 heterocycles. The zero-order valence-corrected chi connectivity index (χ0v) is 34.3. The van der Waals surface area contributed by atoms with Crippen molar-refractivity contribution in [1.82, 2.24) is 0 Å². The fraction of sp³-hybridized carbons (Fsp3) is 0.882. The Labute approximate surface area is 247 Å². The third-order valence-corrected chi connectivity index (χ3v) is 64.6. The van der Waals surface area contributed by atoms with E-state index in [1.165, 1.54) is 0 Å². The zero-order chi connectivity index (χ0) is 27.8. The van der Waals surface area contributed by atoms with Gasteiger partial charge in [0.05, 0.1) is 0 Å². The van der Waals surface area contributed by atoms with Crippen LogP contribution in [0.1, 0.15) is 22.3 Å². The molecule has 38 heavy (non-hydrogen) atoms. The molecule has 0 aromatic carbocycles. The molecule has 0 aliphatic carbocycles. The van der Waals surface area contributed by atoms with Gasteiger partial charge in [0.25, 0.3) is 0 Å². The smallest absolute Gasteiger partial charge is 0.439 e. The lowest BCUT2D eigenvalue weighted by molar-refractivity contribution is 0.138. The second kappa shape index (κ2) is 19.6. The maximum Gasteiger partial charge on any atom is 0.528 e. The van der Waals surface area contributed by atoms with Gasteiger partial charge in [-0.05, 0) is 45.0 Å². The standard InChI is InChI=1S/C7H24O5Si6.C5H12O3Si.C2H12O3Si3.3CH4/c1-13-8-16(3,4)11-18(7)10-15(13)14(2)9-17(5,6)12-18;1-5-9(6-2,7-3)8-4;1-6(3)8(5)7(2)4;;;/h13-15H,1-7H3;5H,1H2,2-4H3;3-8H,1-2H3;3*1H4. The molecule has 234 valence electrons. The van der Waals surface area contributed by atoms with Crippen molar-refractivity contribution in [2.45, 2.75) is 81.2 Å². The van der Waals surface area contributed by atoms with Crippen LogP contribution in [0.5, 0.6) is 0 Å². The zero-order valence-electron chi connectivity index (χ0n) is 23.4. The van der Waals surface area contributed by atoms with Gasteiger partial charge in [0, 0.05) is 27.9 Å². The van der Waals surface area contributed by atoms with Crippen LogP contribution >= 0.6 is 0 Å². The molecule has 11 nitrogen and oxygen atoms in total. The van der Waals surface area contributed by atoms with Crippen molar-refractivity contribution in [2.75, 3.05) is 21.3 Å². The summed E-state index contributed by atoms with van der Waals surface area (Å²) in [7, 11) is -14.0. The average molecular weight is 722 g/mol. The van der Waals surface area contributed by atoms with Crippen LogP contribution < -0.4 is 0 Å². The summed E-state index contributed by atoms with van der Waals surface area (Å²) >= 11 is 0. The molecule has 2 fully saturated rings. The van der Waals surface area contributed by atoms with E-state index in [1.807, 2.05) is 6.55 Å². The molecular weight excluding hydrogens is 661 g/mol. The first-order chi connectivity index (χ1) is 15.8. The first-order valence-corrected chi connectivity index (χ1v) is 39.5. The van der Waals surface area contributed by atoms with Gasteiger partial charge in [-0.15, -0.1) is 0 Å². The lowest BCUT2D eigenvalue weighted by Gasteiger charge is -2.35. The van der Waals surface area contributed by atoms with Crippen LogP contribution in [0.15, 0.2) is 12.3 Å². The van der Waals surface area contributed by atoms with Crippen molar-refractivity contribution >= 4 is 85.1 Å². The Hall–Kier alpha value is 1.47. The minimum Gasteiger partial charge on any atom is -0.439 e. The molecule has 2 bridgehead atoms. The van der Waals surface area contributed by atoms with Gasteiger partial charge in [-0.2, -0.15) is 0 Å². The minimum atomic E-state index is -2.54. The second-order valence-corrected chi connectivity index (χ2v) is 55.9. The van der Waals surface area contributed by atoms with Crippen LogP contribution in [0.4, 0.5) is 0 Å². The van der Waals surface area contributed by atoms with Gasteiger partial charge in [-0.3, -0.25) is 0 Å². The van der Waals surface area contributed by atoms with Crippen molar-refractivity contribution in [1.29, 1.82) is 0 Å². The highest BCUT2D eigenvalue weighted by atomic mass is 29.6. The van der Waals surface area contributed by atoms with E-state index >= 15 is 0 Å². The van der Waals surface area contributed by atoms with E-state index in [0.717, 1.165) is 0 Å². The normalized spacial score (nSPS) is 29.7. The van der Waals surface area contributed by atoms with Gasteiger partial charge in [-0.25, -0.2) is 0 Å². The summed E-state index contributed by atoms with van der Waals surface area (Å²) < 4.78 is 46.4. The molecule has 3 N–H and O–H groups in total. The molecular formula is C17H60O11Si10. The quantitative estimate of drug-likeness (QED) is 0.335. The lowest BCUT2D eigenvalue weighted by Crippen LogP contribution is -2.56. The molecule has 0 radical (unpaired) electrons. The third kappa shape index (κ3) is 15.6. The van der Waals surface area contributed by atoms with Crippen molar-refractivity contribution in [3.05, 3.63) is 12.3 Å². The predicted molar refractivity (Wildman–Crippen MR) is 182 cm³/mol. The molecule has 2 aliphatic rings. The highest BCUT2D eigenvalue weighted by Gasteiger charge is 2.57. The Kier molecular flexibility index (Phi) is 24.0. The van der Waals surface area contributed by atoms with Gasteiger partial charge < -0.3 is 48.2 Å². The Morgan fingerprint density at radius 2 is 1.05 bits per heavy atom.